The molecule has 0 N–H and O–H groups in total. The highest BCUT2D eigenvalue weighted by Crippen LogP contribution is 2.43. The van der Waals surface area contributed by atoms with Gasteiger partial charge in [0.15, 0.2) is 0 Å². The maximum atomic E-state index is 5.21. The smallest absolute Gasteiger partial charge is 0.138 e. The quantitative estimate of drug-likeness (QED) is 0.124. The van der Waals surface area contributed by atoms with Crippen LogP contribution in [-0.4, -0.2) is 33.1 Å². The highest BCUT2D eigenvalue weighted by molar-refractivity contribution is 14.1. The van der Waals surface area contributed by atoms with Gasteiger partial charge in [-0.1, -0.05) is 109 Å². The highest BCUT2D eigenvalue weighted by atomic mass is 127. The van der Waals surface area contributed by atoms with Crippen molar-refractivity contribution in [2.75, 3.05) is 0 Å². The van der Waals surface area contributed by atoms with Crippen molar-refractivity contribution in [3.63, 3.8) is 0 Å². The molecule has 1 aliphatic rings. The predicted octanol–water partition coefficient (Wildman–Crippen LogP) is 9.66. The second kappa shape index (κ2) is 14.0. The zero-order valence-corrected chi connectivity index (χ0v) is 32.3. The lowest BCUT2D eigenvalue weighted by atomic mass is 9.77. The maximum Gasteiger partial charge on any atom is 0.138 e. The van der Waals surface area contributed by atoms with Crippen LogP contribution in [0.1, 0.15) is 27.8 Å². The number of aromatic nitrogens is 6. The van der Waals surface area contributed by atoms with Gasteiger partial charge in [0.25, 0.3) is 0 Å². The molecule has 4 heterocycles. The minimum atomic E-state index is -0.638. The average molecular weight is 890 g/mol. The van der Waals surface area contributed by atoms with Crippen molar-refractivity contribution in [2.45, 2.75) is 12.1 Å². The Hall–Kier alpha value is -4.88. The van der Waals surface area contributed by atoms with E-state index in [0.717, 1.165) is 58.2 Å². The van der Waals surface area contributed by atoms with Crippen LogP contribution in [0.3, 0.4) is 0 Å². The van der Waals surface area contributed by atoms with E-state index in [-0.39, 0.29) is 0 Å². The first-order valence-corrected chi connectivity index (χ1v) is 18.7. The van der Waals surface area contributed by atoms with Gasteiger partial charge in [-0.05, 0) is 96.8 Å². The number of fused-ring (bicyclic) bond motifs is 2. The molecule has 0 bridgehead atoms. The Morgan fingerprint density at radius 1 is 0.588 bits per heavy atom. The van der Waals surface area contributed by atoms with E-state index in [9.17, 15) is 0 Å². The van der Waals surface area contributed by atoms with Crippen LogP contribution in [0.4, 0.5) is 0 Å². The largest absolute Gasteiger partial charge is 0.275 e. The molecule has 51 heavy (non-hydrogen) atoms. The van der Waals surface area contributed by atoms with E-state index in [1.54, 1.807) is 0 Å². The number of hydrogen-bond acceptors (Lipinski definition) is 4. The predicted molar refractivity (Wildman–Crippen MR) is 222 cm³/mol. The van der Waals surface area contributed by atoms with Crippen LogP contribution in [0.2, 0.25) is 0 Å². The average Bonchev–Trinajstić information content (AvgIpc) is 3.97. The lowest BCUT2D eigenvalue weighted by Crippen LogP contribution is -2.38. The molecule has 7 nitrogen and oxygen atoms in total. The first-order valence-electron chi connectivity index (χ1n) is 16.6. The zero-order valence-electron chi connectivity index (χ0n) is 28.0. The lowest BCUT2D eigenvalue weighted by molar-refractivity contribution is 0.473. The summed E-state index contributed by atoms with van der Waals surface area (Å²) >= 11 is 4.66. The van der Waals surface area contributed by atoms with Crippen molar-refractivity contribution in [3.8, 4) is 22.3 Å². The summed E-state index contributed by atoms with van der Waals surface area (Å²) in [6.07, 6.45) is 7.86. The Morgan fingerprint density at radius 2 is 1.10 bits per heavy atom. The molecule has 0 atom stereocenters. The first-order chi connectivity index (χ1) is 24.9. The molecule has 0 spiro atoms. The summed E-state index contributed by atoms with van der Waals surface area (Å²) in [5.74, 6) is 0. The second-order valence-electron chi connectivity index (χ2n) is 12.5. The number of aryl methyl sites for hydroxylation is 2. The normalized spacial score (nSPS) is 12.4. The SMILES string of the molecule is Cn1cc(-c2ccc3c(c2)C(I)=NC3)cn1.Cn1cc(-c2ccc3c(c2)c(I)nn3C(c2ccccc2)(c2ccccc2)c2ccccc2)cn1. The van der Waals surface area contributed by atoms with E-state index in [2.05, 4.69) is 192 Å². The third-order valence-electron chi connectivity index (χ3n) is 9.32. The van der Waals surface area contributed by atoms with Crippen molar-refractivity contribution >= 4 is 59.8 Å². The van der Waals surface area contributed by atoms with Crippen molar-refractivity contribution in [3.05, 3.63) is 184 Å². The molecule has 0 saturated heterocycles. The molecule has 0 aliphatic carbocycles. The summed E-state index contributed by atoms with van der Waals surface area (Å²) in [4.78, 5) is 4.43. The first kappa shape index (κ1) is 33.3. The molecule has 0 unspecified atom stereocenters. The number of halogens is 2. The number of hydrogen-bond donors (Lipinski definition) is 0. The monoisotopic (exact) mass is 889 g/mol. The van der Waals surface area contributed by atoms with Crippen LogP contribution in [0.15, 0.2) is 157 Å². The van der Waals surface area contributed by atoms with Crippen LogP contribution >= 0.6 is 45.2 Å². The van der Waals surface area contributed by atoms with Crippen molar-refractivity contribution in [1.82, 2.24) is 29.3 Å². The van der Waals surface area contributed by atoms with E-state index >= 15 is 0 Å². The Balaban J connectivity index is 0.000000194. The van der Waals surface area contributed by atoms with Crippen molar-refractivity contribution < 1.29 is 0 Å². The van der Waals surface area contributed by atoms with Gasteiger partial charge in [0.2, 0.25) is 0 Å². The Kier molecular flexibility index (Phi) is 9.15. The summed E-state index contributed by atoms with van der Waals surface area (Å²) in [6, 6.07) is 45.1. The van der Waals surface area contributed by atoms with Gasteiger partial charge in [-0.2, -0.15) is 15.3 Å². The summed E-state index contributed by atoms with van der Waals surface area (Å²) in [5.41, 5.74) is 11.1. The molecule has 250 valence electrons. The third kappa shape index (κ3) is 6.22. The number of aliphatic imine (C=N–C) groups is 1. The molecule has 5 aromatic carbocycles. The molecule has 9 rings (SSSR count). The summed E-state index contributed by atoms with van der Waals surface area (Å²) in [6.45, 7) is 0.820. The van der Waals surface area contributed by atoms with Crippen LogP contribution < -0.4 is 0 Å². The minimum absolute atomic E-state index is 0.638. The van der Waals surface area contributed by atoms with Gasteiger partial charge in [0.1, 0.15) is 13.0 Å². The van der Waals surface area contributed by atoms with E-state index < -0.39 is 5.54 Å². The second-order valence-corrected chi connectivity index (χ2v) is 14.6. The number of rotatable bonds is 6. The molecular weight excluding hydrogens is 856 g/mol. The minimum Gasteiger partial charge on any atom is -0.275 e. The molecule has 8 aromatic rings. The van der Waals surface area contributed by atoms with Gasteiger partial charge in [0, 0.05) is 48.6 Å². The van der Waals surface area contributed by atoms with Gasteiger partial charge >= 0.3 is 0 Å². The number of nitrogens with zero attached hydrogens (tertiary/aromatic N) is 7. The van der Waals surface area contributed by atoms with Crippen LogP contribution in [0.25, 0.3) is 33.2 Å². The molecule has 0 radical (unpaired) electrons. The molecular formula is C42H33I2N7. The van der Waals surface area contributed by atoms with E-state index in [1.165, 1.54) is 16.7 Å². The summed E-state index contributed by atoms with van der Waals surface area (Å²) in [5, 5.41) is 14.9. The summed E-state index contributed by atoms with van der Waals surface area (Å²) < 4.78 is 7.94. The van der Waals surface area contributed by atoms with Gasteiger partial charge in [0.05, 0.1) is 24.5 Å². The zero-order chi connectivity index (χ0) is 35.0. The molecule has 0 amide bonds. The fraction of sp³-hybridized carbons (Fsp3) is 0.0952. The topological polar surface area (TPSA) is 65.8 Å². The molecule has 3 aromatic heterocycles. The van der Waals surface area contributed by atoms with Gasteiger partial charge in [-0.3, -0.25) is 14.4 Å². The Bertz CT molecular complexity index is 2400. The standard InChI is InChI=1S/C30H23IN4.C12H10IN3/c1-34-21-23(20-32-34)22-17-18-28-27(19-22)29(31)33-35(28)30(24-11-5-2-6-12-24,25-13-7-3-8-14-25)26-15-9-4-10-16-26;1-16-7-10(6-15-16)8-2-3-9-5-14-12(13)11(9)4-8/h2-21H,1H3;2-4,6-7H,5H2,1H3. The maximum absolute atomic E-state index is 5.21. The lowest BCUT2D eigenvalue weighted by Gasteiger charge is -2.37. The summed E-state index contributed by atoms with van der Waals surface area (Å²) in [7, 11) is 3.87. The molecule has 0 saturated carbocycles. The fourth-order valence-electron chi connectivity index (χ4n) is 6.89. The number of benzene rings is 5. The molecule has 9 heteroatoms. The van der Waals surface area contributed by atoms with Crippen LogP contribution in [0, 0.1) is 3.70 Å². The Labute approximate surface area is 324 Å². The van der Waals surface area contributed by atoms with Crippen LogP contribution in [0.5, 0.6) is 0 Å². The van der Waals surface area contributed by atoms with Gasteiger partial charge < -0.3 is 0 Å². The van der Waals surface area contributed by atoms with Crippen molar-refractivity contribution in [1.29, 1.82) is 0 Å². The van der Waals surface area contributed by atoms with Gasteiger partial charge in [-0.25, -0.2) is 4.68 Å². The van der Waals surface area contributed by atoms with E-state index in [4.69, 9.17) is 5.10 Å². The van der Waals surface area contributed by atoms with Crippen molar-refractivity contribution in [2.24, 2.45) is 19.1 Å². The third-order valence-corrected chi connectivity index (χ3v) is 11.0. The Morgan fingerprint density at radius 3 is 1.61 bits per heavy atom. The molecule has 1 aliphatic heterocycles. The van der Waals surface area contributed by atoms with Gasteiger partial charge in [-0.15, -0.1) is 0 Å². The van der Waals surface area contributed by atoms with E-state index in [0.29, 0.717) is 0 Å². The van der Waals surface area contributed by atoms with Crippen LogP contribution in [-0.2, 0) is 26.2 Å². The highest BCUT2D eigenvalue weighted by Gasteiger charge is 2.40. The van der Waals surface area contributed by atoms with E-state index in [1.807, 2.05) is 48.2 Å². The molecule has 0 fully saturated rings. The fourth-order valence-corrected chi connectivity index (χ4v) is 8.21.